The smallest absolute Gasteiger partial charge is 0.254 e. The molecule has 0 spiro atoms. The minimum Gasteiger partial charge on any atom is -0.399 e. The van der Waals surface area contributed by atoms with E-state index in [4.69, 9.17) is 5.73 Å². The maximum absolute atomic E-state index is 13.8. The first-order valence-electron chi connectivity index (χ1n) is 5.54. The fourth-order valence-corrected chi connectivity index (χ4v) is 3.06. The van der Waals surface area contributed by atoms with Crippen LogP contribution in [0.3, 0.4) is 0 Å². The van der Waals surface area contributed by atoms with E-state index in [1.807, 2.05) is 11.4 Å². The van der Waals surface area contributed by atoms with Gasteiger partial charge in [0, 0.05) is 20.4 Å². The van der Waals surface area contributed by atoms with Crippen molar-refractivity contribution in [3.8, 4) is 0 Å². The molecule has 1 aromatic heterocycles. The third-order valence-corrected chi connectivity index (χ3v) is 4.26. The molecule has 0 bridgehead atoms. The number of amides is 1. The second kappa shape index (κ2) is 5.71. The van der Waals surface area contributed by atoms with Crippen molar-refractivity contribution in [2.45, 2.75) is 13.5 Å². The largest absolute Gasteiger partial charge is 0.399 e. The zero-order chi connectivity index (χ0) is 14.0. The van der Waals surface area contributed by atoms with Gasteiger partial charge in [0.05, 0.1) is 12.1 Å². The summed E-state index contributed by atoms with van der Waals surface area (Å²) in [5.74, 6) is -0.989. The first-order valence-corrected chi connectivity index (χ1v) is 7.21. The van der Waals surface area contributed by atoms with Gasteiger partial charge < -0.3 is 11.1 Å². The summed E-state index contributed by atoms with van der Waals surface area (Å²) in [6.45, 7) is 1.95. The van der Waals surface area contributed by atoms with Crippen LogP contribution in [0.25, 0.3) is 0 Å². The van der Waals surface area contributed by atoms with E-state index in [1.54, 1.807) is 6.92 Å². The van der Waals surface area contributed by atoms with Crippen molar-refractivity contribution in [3.05, 3.63) is 49.9 Å². The van der Waals surface area contributed by atoms with Crippen LogP contribution in [0.15, 0.2) is 28.1 Å². The number of rotatable bonds is 3. The number of thiophene rings is 1. The van der Waals surface area contributed by atoms with Crippen molar-refractivity contribution in [1.82, 2.24) is 5.32 Å². The number of carbonyl (C=O) groups is 1. The van der Waals surface area contributed by atoms with Gasteiger partial charge in [-0.1, -0.05) is 0 Å². The molecule has 0 aliphatic carbocycles. The summed E-state index contributed by atoms with van der Waals surface area (Å²) in [5.41, 5.74) is 6.35. The summed E-state index contributed by atoms with van der Waals surface area (Å²) >= 11 is 4.85. The summed E-state index contributed by atoms with van der Waals surface area (Å²) in [6, 6.07) is 4.76. The van der Waals surface area contributed by atoms with Gasteiger partial charge in [-0.15, -0.1) is 11.3 Å². The van der Waals surface area contributed by atoms with Gasteiger partial charge in [0.25, 0.3) is 5.91 Å². The molecular weight excluding hydrogens is 331 g/mol. The van der Waals surface area contributed by atoms with Gasteiger partial charge in [0.15, 0.2) is 0 Å². The van der Waals surface area contributed by atoms with Gasteiger partial charge in [-0.05, 0) is 46.6 Å². The van der Waals surface area contributed by atoms with Gasteiger partial charge in [-0.2, -0.15) is 0 Å². The minimum absolute atomic E-state index is 0.0203. The number of hydrogen-bond acceptors (Lipinski definition) is 3. The SMILES string of the molecule is Cc1cc(N)cc(C(=O)NCc2cc(Br)cs2)c1F. The molecule has 0 saturated carbocycles. The van der Waals surface area contributed by atoms with Crippen molar-refractivity contribution >= 4 is 38.9 Å². The van der Waals surface area contributed by atoms with Gasteiger partial charge in [-0.3, -0.25) is 4.79 Å². The molecule has 2 rings (SSSR count). The van der Waals surface area contributed by atoms with E-state index in [2.05, 4.69) is 21.2 Å². The quantitative estimate of drug-likeness (QED) is 0.839. The highest BCUT2D eigenvalue weighted by molar-refractivity contribution is 9.10. The van der Waals surface area contributed by atoms with Gasteiger partial charge in [0.2, 0.25) is 0 Å². The number of hydrogen-bond donors (Lipinski definition) is 2. The fourth-order valence-electron chi connectivity index (χ4n) is 1.67. The van der Waals surface area contributed by atoms with E-state index in [9.17, 15) is 9.18 Å². The number of carbonyl (C=O) groups excluding carboxylic acids is 1. The summed E-state index contributed by atoms with van der Waals surface area (Å²) in [5, 5.41) is 4.60. The molecule has 100 valence electrons. The van der Waals surface area contributed by atoms with E-state index in [0.29, 0.717) is 17.8 Å². The summed E-state index contributed by atoms with van der Waals surface area (Å²) in [4.78, 5) is 12.9. The molecule has 0 saturated heterocycles. The lowest BCUT2D eigenvalue weighted by Crippen LogP contribution is -2.24. The van der Waals surface area contributed by atoms with E-state index in [0.717, 1.165) is 9.35 Å². The molecule has 0 aliphatic rings. The van der Waals surface area contributed by atoms with Crippen LogP contribution >= 0.6 is 27.3 Å². The molecule has 3 nitrogen and oxygen atoms in total. The fraction of sp³-hybridized carbons (Fsp3) is 0.154. The van der Waals surface area contributed by atoms with Crippen LogP contribution in [0.2, 0.25) is 0 Å². The zero-order valence-corrected chi connectivity index (χ0v) is 12.6. The van der Waals surface area contributed by atoms with E-state index in [-0.39, 0.29) is 5.56 Å². The molecule has 1 heterocycles. The summed E-state index contributed by atoms with van der Waals surface area (Å²) in [7, 11) is 0. The Morgan fingerprint density at radius 3 is 2.84 bits per heavy atom. The van der Waals surface area contributed by atoms with E-state index >= 15 is 0 Å². The number of nitrogen functional groups attached to an aromatic ring is 1. The lowest BCUT2D eigenvalue weighted by molar-refractivity contribution is 0.0947. The van der Waals surface area contributed by atoms with Crippen LogP contribution in [0, 0.1) is 12.7 Å². The van der Waals surface area contributed by atoms with Crippen LogP contribution in [-0.2, 0) is 6.54 Å². The predicted octanol–water partition coefficient (Wildman–Crippen LogP) is 3.47. The molecule has 6 heteroatoms. The average molecular weight is 343 g/mol. The minimum atomic E-state index is -0.529. The normalized spacial score (nSPS) is 10.5. The molecule has 0 atom stereocenters. The number of nitrogens with two attached hydrogens (primary N) is 1. The Kier molecular flexibility index (Phi) is 4.21. The number of aryl methyl sites for hydroxylation is 1. The van der Waals surface area contributed by atoms with Crippen LogP contribution in [-0.4, -0.2) is 5.91 Å². The Bertz CT molecular complexity index is 627. The Morgan fingerprint density at radius 1 is 1.47 bits per heavy atom. The van der Waals surface area contributed by atoms with Crippen molar-refractivity contribution in [3.63, 3.8) is 0 Å². The van der Waals surface area contributed by atoms with Crippen LogP contribution in [0.4, 0.5) is 10.1 Å². The Labute approximate surface area is 122 Å². The van der Waals surface area contributed by atoms with Gasteiger partial charge >= 0.3 is 0 Å². The number of nitrogens with one attached hydrogen (secondary N) is 1. The standard InChI is InChI=1S/C13H12BrFN2OS/c1-7-2-9(16)4-11(12(7)15)13(18)17-5-10-3-8(14)6-19-10/h2-4,6H,5,16H2,1H3,(H,17,18). The molecule has 2 aromatic rings. The second-order valence-corrected chi connectivity index (χ2v) is 6.02. The van der Waals surface area contributed by atoms with Crippen LogP contribution in [0.5, 0.6) is 0 Å². The Balaban J connectivity index is 2.12. The van der Waals surface area contributed by atoms with Gasteiger partial charge in [0.1, 0.15) is 5.82 Å². The Hall–Kier alpha value is -1.40. The van der Waals surface area contributed by atoms with Crippen molar-refractivity contribution in [2.75, 3.05) is 5.73 Å². The third-order valence-electron chi connectivity index (χ3n) is 2.57. The molecule has 0 radical (unpaired) electrons. The first-order chi connectivity index (χ1) is 8.97. The van der Waals surface area contributed by atoms with Crippen molar-refractivity contribution in [2.24, 2.45) is 0 Å². The highest BCUT2D eigenvalue weighted by atomic mass is 79.9. The number of benzene rings is 1. The second-order valence-electron chi connectivity index (χ2n) is 4.11. The maximum atomic E-state index is 13.8. The lowest BCUT2D eigenvalue weighted by atomic mass is 10.1. The van der Waals surface area contributed by atoms with Crippen LogP contribution < -0.4 is 11.1 Å². The highest BCUT2D eigenvalue weighted by Crippen LogP contribution is 2.20. The lowest BCUT2D eigenvalue weighted by Gasteiger charge is -2.08. The highest BCUT2D eigenvalue weighted by Gasteiger charge is 2.14. The molecule has 0 unspecified atom stereocenters. The molecule has 0 aliphatic heterocycles. The molecule has 3 N–H and O–H groups in total. The molecular formula is C13H12BrFN2OS. The summed E-state index contributed by atoms with van der Waals surface area (Å²) < 4.78 is 14.8. The van der Waals surface area contributed by atoms with Gasteiger partial charge in [-0.25, -0.2) is 4.39 Å². The molecule has 0 fully saturated rings. The molecule has 1 amide bonds. The van der Waals surface area contributed by atoms with Crippen molar-refractivity contribution in [1.29, 1.82) is 0 Å². The summed E-state index contributed by atoms with van der Waals surface area (Å²) in [6.07, 6.45) is 0. The zero-order valence-electron chi connectivity index (χ0n) is 10.2. The Morgan fingerprint density at radius 2 is 2.21 bits per heavy atom. The monoisotopic (exact) mass is 342 g/mol. The first kappa shape index (κ1) is 14.0. The maximum Gasteiger partial charge on any atom is 0.254 e. The topological polar surface area (TPSA) is 55.1 Å². The number of anilines is 1. The van der Waals surface area contributed by atoms with E-state index in [1.165, 1.54) is 23.5 Å². The van der Waals surface area contributed by atoms with Crippen LogP contribution in [0.1, 0.15) is 20.8 Å². The number of halogens is 2. The van der Waals surface area contributed by atoms with E-state index < -0.39 is 11.7 Å². The average Bonchev–Trinajstić information content (AvgIpc) is 2.76. The third kappa shape index (κ3) is 3.33. The molecule has 19 heavy (non-hydrogen) atoms. The predicted molar refractivity (Wildman–Crippen MR) is 78.7 cm³/mol. The molecule has 1 aromatic carbocycles. The van der Waals surface area contributed by atoms with Crippen molar-refractivity contribution < 1.29 is 9.18 Å².